The number of carbonyl (C=O) groups excluding carboxylic acids is 3. The molecule has 0 aromatic carbocycles. The van der Waals surface area contributed by atoms with Gasteiger partial charge in [0.15, 0.2) is 6.61 Å². The second-order valence-electron chi connectivity index (χ2n) is 13.0. The van der Waals surface area contributed by atoms with Crippen molar-refractivity contribution in [2.45, 2.75) is 92.0 Å². The summed E-state index contributed by atoms with van der Waals surface area (Å²) >= 11 is 0. The van der Waals surface area contributed by atoms with Gasteiger partial charge in [-0.2, -0.15) is 0 Å². The summed E-state index contributed by atoms with van der Waals surface area (Å²) < 4.78 is 0. The zero-order valence-electron chi connectivity index (χ0n) is 24.0. The number of aliphatic carboxylic acids is 1. The highest BCUT2D eigenvalue weighted by molar-refractivity contribution is 5.96. The summed E-state index contributed by atoms with van der Waals surface area (Å²) in [5.74, 6) is 0.0981. The topological polar surface area (TPSA) is 134 Å². The van der Waals surface area contributed by atoms with Crippen molar-refractivity contribution >= 4 is 29.3 Å². The second kappa shape index (κ2) is 11.4. The van der Waals surface area contributed by atoms with Crippen LogP contribution in [0.5, 0.6) is 0 Å². The molecular weight excluding hydrogens is 498 g/mol. The number of Topliss-reactive ketones (excluding diaryl/α,β-unsaturated/α-hetero) is 1. The van der Waals surface area contributed by atoms with Gasteiger partial charge in [-0.25, -0.2) is 4.79 Å². The van der Waals surface area contributed by atoms with Crippen molar-refractivity contribution in [1.29, 1.82) is 0 Å². The molecule has 0 aliphatic heterocycles. The maximum absolute atomic E-state index is 12.4. The molecule has 0 heterocycles. The fraction of sp³-hybridized carbons (Fsp3) is 0.767. The number of fused-ring (bicyclic) bond motifs is 5. The Bertz CT molecular complexity index is 1070. The summed E-state index contributed by atoms with van der Waals surface area (Å²) in [5, 5.41) is 18.3. The van der Waals surface area contributed by atoms with Crippen molar-refractivity contribution in [3.8, 4) is 0 Å². The Morgan fingerprint density at radius 3 is 2.46 bits per heavy atom. The molecule has 0 bridgehead atoms. The second-order valence-corrected chi connectivity index (χ2v) is 13.0. The van der Waals surface area contributed by atoms with Crippen LogP contribution >= 0.6 is 0 Å². The summed E-state index contributed by atoms with van der Waals surface area (Å²) in [6.45, 7) is 9.33. The van der Waals surface area contributed by atoms with Crippen LogP contribution in [0.3, 0.4) is 0 Å². The minimum Gasteiger partial charge on any atom is -0.480 e. The standard InChI is InChI=1S/C30H45N3O6/c1-17(2)27(28(37)38)32-25(35)15-31-26(36)16-39-33-20-10-12-29(4)19(14-20)6-7-21-23-9-8-22(18(3)34)30(23,5)13-11-24(21)29/h14,17,21-24,27H,6-13,15-16H2,1-5H3,(H,31,36)(H,32,35)(H,37,38)/b33-20-/t21-,22+,23-,24-,27+,29-,30+/m0/s1. The zero-order valence-corrected chi connectivity index (χ0v) is 24.0. The highest BCUT2D eigenvalue weighted by Crippen LogP contribution is 2.66. The molecule has 4 rings (SSSR count). The quantitative estimate of drug-likeness (QED) is 0.378. The molecule has 0 aromatic rings. The van der Waals surface area contributed by atoms with Crippen LogP contribution < -0.4 is 10.6 Å². The van der Waals surface area contributed by atoms with Gasteiger partial charge < -0.3 is 20.6 Å². The number of carbonyl (C=O) groups is 4. The lowest BCUT2D eigenvalue weighted by Crippen LogP contribution is -2.51. The van der Waals surface area contributed by atoms with Crippen LogP contribution in [-0.2, 0) is 24.0 Å². The van der Waals surface area contributed by atoms with Gasteiger partial charge in [0.05, 0.1) is 12.3 Å². The van der Waals surface area contributed by atoms with Gasteiger partial charge >= 0.3 is 5.97 Å². The molecule has 0 saturated heterocycles. The van der Waals surface area contributed by atoms with Crippen molar-refractivity contribution in [3.05, 3.63) is 11.6 Å². The number of oxime groups is 1. The number of rotatable bonds is 9. The van der Waals surface area contributed by atoms with Crippen molar-refractivity contribution in [3.63, 3.8) is 0 Å². The molecule has 2 amide bonds. The van der Waals surface area contributed by atoms with Crippen LogP contribution in [0, 0.1) is 40.4 Å². The van der Waals surface area contributed by atoms with E-state index in [1.165, 1.54) is 18.4 Å². The Labute approximate surface area is 231 Å². The third kappa shape index (κ3) is 5.78. The predicted octanol–water partition coefficient (Wildman–Crippen LogP) is 3.87. The summed E-state index contributed by atoms with van der Waals surface area (Å²) in [6.07, 6.45) is 10.7. The first-order valence-corrected chi connectivity index (χ1v) is 14.6. The molecule has 3 N–H and O–H groups in total. The molecule has 0 spiro atoms. The smallest absolute Gasteiger partial charge is 0.326 e. The van der Waals surface area contributed by atoms with Gasteiger partial charge in [0.2, 0.25) is 5.91 Å². The lowest BCUT2D eigenvalue weighted by Gasteiger charge is -2.58. The van der Waals surface area contributed by atoms with Gasteiger partial charge in [-0.3, -0.25) is 14.4 Å². The predicted molar refractivity (Wildman–Crippen MR) is 147 cm³/mol. The number of nitrogens with one attached hydrogen (secondary N) is 2. The molecular formula is C30H45N3O6. The molecule has 4 aliphatic carbocycles. The summed E-state index contributed by atoms with van der Waals surface area (Å²) in [7, 11) is 0. The van der Waals surface area contributed by atoms with Gasteiger partial charge in [0.1, 0.15) is 11.8 Å². The summed E-state index contributed by atoms with van der Waals surface area (Å²) in [5.41, 5.74) is 2.58. The molecule has 9 heteroatoms. The first-order chi connectivity index (χ1) is 18.4. The summed E-state index contributed by atoms with van der Waals surface area (Å²) in [6, 6.07) is -1.01. The molecule has 39 heavy (non-hydrogen) atoms. The van der Waals surface area contributed by atoms with Crippen LogP contribution in [-0.4, -0.2) is 53.6 Å². The zero-order chi connectivity index (χ0) is 28.5. The number of hydrogen-bond donors (Lipinski definition) is 3. The SMILES string of the molecule is CC(=O)[C@H]1CC[C@H]2[C@@H]3CCC4=C/C(=N\OCC(=O)NCC(=O)N[C@@H](C(=O)O)C(C)C)CC[C@]4(C)[C@H]3CC[C@]12C. The lowest BCUT2D eigenvalue weighted by molar-refractivity contribution is -0.143. The van der Waals surface area contributed by atoms with E-state index >= 15 is 0 Å². The van der Waals surface area contributed by atoms with Gasteiger partial charge in [0, 0.05) is 5.92 Å². The van der Waals surface area contributed by atoms with E-state index in [1.807, 2.05) is 0 Å². The van der Waals surface area contributed by atoms with E-state index in [1.54, 1.807) is 20.8 Å². The van der Waals surface area contributed by atoms with E-state index in [-0.39, 0.29) is 35.8 Å². The van der Waals surface area contributed by atoms with Gasteiger partial charge in [0.25, 0.3) is 5.91 Å². The first-order valence-electron chi connectivity index (χ1n) is 14.6. The monoisotopic (exact) mass is 543 g/mol. The highest BCUT2D eigenvalue weighted by Gasteiger charge is 2.59. The lowest BCUT2D eigenvalue weighted by atomic mass is 9.46. The maximum atomic E-state index is 12.4. The third-order valence-electron chi connectivity index (χ3n) is 10.5. The molecule has 0 radical (unpaired) electrons. The van der Waals surface area contributed by atoms with Crippen LogP contribution in [0.4, 0.5) is 0 Å². The number of amides is 2. The minimum absolute atomic E-state index is 0.145. The Kier molecular flexibility index (Phi) is 8.57. The summed E-state index contributed by atoms with van der Waals surface area (Å²) in [4.78, 5) is 53.0. The molecule has 7 atom stereocenters. The Balaban J connectivity index is 1.30. The van der Waals surface area contributed by atoms with E-state index in [9.17, 15) is 24.3 Å². The Morgan fingerprint density at radius 2 is 1.79 bits per heavy atom. The number of ketones is 1. The number of nitrogens with zero attached hydrogens (tertiary/aromatic N) is 1. The van der Waals surface area contributed by atoms with Crippen molar-refractivity contribution in [2.24, 2.45) is 45.6 Å². The molecule has 3 fully saturated rings. The molecule has 4 aliphatic rings. The van der Waals surface area contributed by atoms with E-state index in [4.69, 9.17) is 4.84 Å². The van der Waals surface area contributed by atoms with Crippen LogP contribution in [0.2, 0.25) is 0 Å². The normalized spacial score (nSPS) is 35.2. The van der Waals surface area contributed by atoms with Gasteiger partial charge in [-0.15, -0.1) is 0 Å². The number of allylic oxidation sites excluding steroid dienone is 2. The molecule has 0 aromatic heterocycles. The largest absolute Gasteiger partial charge is 0.480 e. The Hall–Kier alpha value is -2.71. The Morgan fingerprint density at radius 1 is 1.05 bits per heavy atom. The molecule has 216 valence electrons. The van der Waals surface area contributed by atoms with Crippen molar-refractivity contribution in [1.82, 2.24) is 10.6 Å². The molecule has 9 nitrogen and oxygen atoms in total. The van der Waals surface area contributed by atoms with Crippen LogP contribution in [0.15, 0.2) is 16.8 Å². The molecule has 3 saturated carbocycles. The number of hydrogen-bond acceptors (Lipinski definition) is 6. The fourth-order valence-corrected chi connectivity index (χ4v) is 8.45. The van der Waals surface area contributed by atoms with Gasteiger partial charge in [-0.1, -0.05) is 38.4 Å². The van der Waals surface area contributed by atoms with E-state index in [0.29, 0.717) is 23.5 Å². The van der Waals surface area contributed by atoms with E-state index in [2.05, 4.69) is 35.7 Å². The van der Waals surface area contributed by atoms with Crippen molar-refractivity contribution < 1.29 is 29.1 Å². The number of carboxylic acid groups (broad SMARTS) is 1. The van der Waals surface area contributed by atoms with Crippen LogP contribution in [0.1, 0.15) is 86.0 Å². The van der Waals surface area contributed by atoms with Gasteiger partial charge in [-0.05, 0) is 98.9 Å². The first kappa shape index (κ1) is 29.3. The number of carboxylic acids is 1. The minimum atomic E-state index is -1.11. The highest BCUT2D eigenvalue weighted by atomic mass is 16.6. The van der Waals surface area contributed by atoms with E-state index in [0.717, 1.165) is 44.2 Å². The van der Waals surface area contributed by atoms with Crippen LogP contribution in [0.25, 0.3) is 0 Å². The van der Waals surface area contributed by atoms with E-state index < -0.39 is 23.8 Å². The maximum Gasteiger partial charge on any atom is 0.326 e. The fourth-order valence-electron chi connectivity index (χ4n) is 8.45. The molecule has 0 unspecified atom stereocenters. The van der Waals surface area contributed by atoms with Crippen molar-refractivity contribution in [2.75, 3.05) is 13.2 Å². The average molecular weight is 544 g/mol. The third-order valence-corrected chi connectivity index (χ3v) is 10.5. The average Bonchev–Trinajstić information content (AvgIpc) is 3.23.